The Hall–Kier alpha value is -3.62. The fourth-order valence-electron chi connectivity index (χ4n) is 2.84. The second-order valence-electron chi connectivity index (χ2n) is 5.96. The SMILES string of the molecule is O=C(Nc1ccc(N2CCN(C(=O)c3ccco3)CC2)nn1)c1ccco1. The molecule has 3 aromatic rings. The van der Waals surface area contributed by atoms with Gasteiger partial charge >= 0.3 is 0 Å². The average Bonchev–Trinajstić information content (AvgIpc) is 3.42. The van der Waals surface area contributed by atoms with Gasteiger partial charge in [-0.05, 0) is 36.4 Å². The van der Waals surface area contributed by atoms with Crippen LogP contribution in [0.25, 0.3) is 0 Å². The second kappa shape index (κ2) is 7.32. The van der Waals surface area contributed by atoms with Crippen molar-refractivity contribution in [2.75, 3.05) is 36.4 Å². The monoisotopic (exact) mass is 367 g/mol. The van der Waals surface area contributed by atoms with E-state index in [9.17, 15) is 9.59 Å². The minimum atomic E-state index is -0.382. The molecule has 0 saturated carbocycles. The van der Waals surface area contributed by atoms with E-state index in [0.717, 1.165) is 0 Å². The van der Waals surface area contributed by atoms with Crippen molar-refractivity contribution in [1.82, 2.24) is 15.1 Å². The van der Waals surface area contributed by atoms with Crippen molar-refractivity contribution in [3.05, 3.63) is 60.4 Å². The molecule has 1 aliphatic heterocycles. The number of carbonyl (C=O) groups excluding carboxylic acids is 2. The number of piperazine rings is 1. The topological polar surface area (TPSA) is 105 Å². The highest BCUT2D eigenvalue weighted by Gasteiger charge is 2.24. The number of nitrogens with one attached hydrogen (secondary N) is 1. The molecule has 3 aromatic heterocycles. The van der Waals surface area contributed by atoms with Crippen LogP contribution in [0.5, 0.6) is 0 Å². The Labute approximate surface area is 154 Å². The molecular formula is C18H17N5O4. The van der Waals surface area contributed by atoms with Crippen LogP contribution in [-0.4, -0.2) is 53.1 Å². The van der Waals surface area contributed by atoms with E-state index in [1.165, 1.54) is 12.5 Å². The highest BCUT2D eigenvalue weighted by Crippen LogP contribution is 2.16. The van der Waals surface area contributed by atoms with Crippen LogP contribution in [0.4, 0.5) is 11.6 Å². The van der Waals surface area contributed by atoms with Crippen molar-refractivity contribution in [1.29, 1.82) is 0 Å². The molecule has 0 unspecified atom stereocenters. The first-order valence-corrected chi connectivity index (χ1v) is 8.47. The molecule has 0 radical (unpaired) electrons. The number of nitrogens with zero attached hydrogens (tertiary/aromatic N) is 4. The van der Waals surface area contributed by atoms with E-state index in [0.29, 0.717) is 43.6 Å². The largest absolute Gasteiger partial charge is 0.459 e. The van der Waals surface area contributed by atoms with Gasteiger partial charge in [0, 0.05) is 26.2 Å². The number of rotatable bonds is 4. The van der Waals surface area contributed by atoms with Gasteiger partial charge in [-0.15, -0.1) is 10.2 Å². The van der Waals surface area contributed by atoms with Crippen LogP contribution >= 0.6 is 0 Å². The standard InChI is InChI=1S/C18H17N5O4/c24-17(13-3-1-11-26-13)19-15-5-6-16(21-20-15)22-7-9-23(10-8-22)18(25)14-4-2-12-27-14/h1-6,11-12H,7-10H2,(H,19,20,24). The van der Waals surface area contributed by atoms with Gasteiger partial charge in [0.25, 0.3) is 11.8 Å². The Morgan fingerprint density at radius 3 is 2.19 bits per heavy atom. The summed E-state index contributed by atoms with van der Waals surface area (Å²) < 4.78 is 10.2. The number of furan rings is 2. The van der Waals surface area contributed by atoms with E-state index in [-0.39, 0.29) is 17.6 Å². The minimum absolute atomic E-state index is 0.110. The van der Waals surface area contributed by atoms with Crippen molar-refractivity contribution in [3.8, 4) is 0 Å². The van der Waals surface area contributed by atoms with Gasteiger partial charge in [-0.2, -0.15) is 0 Å². The molecule has 0 spiro atoms. The number of aromatic nitrogens is 2. The predicted molar refractivity (Wildman–Crippen MR) is 95.5 cm³/mol. The highest BCUT2D eigenvalue weighted by molar-refractivity contribution is 6.01. The van der Waals surface area contributed by atoms with Crippen molar-refractivity contribution >= 4 is 23.5 Å². The third-order valence-electron chi connectivity index (χ3n) is 4.26. The Balaban J connectivity index is 1.33. The fraction of sp³-hybridized carbons (Fsp3) is 0.222. The summed E-state index contributed by atoms with van der Waals surface area (Å²) in [6.07, 6.45) is 2.92. The highest BCUT2D eigenvalue weighted by atomic mass is 16.3. The third kappa shape index (κ3) is 3.66. The lowest BCUT2D eigenvalue weighted by Crippen LogP contribution is -2.49. The van der Waals surface area contributed by atoms with Gasteiger partial charge in [0.05, 0.1) is 12.5 Å². The number of hydrogen-bond donors (Lipinski definition) is 1. The summed E-state index contributed by atoms with van der Waals surface area (Å²) in [6.45, 7) is 2.41. The number of anilines is 2. The first-order chi connectivity index (χ1) is 13.2. The van der Waals surface area contributed by atoms with E-state index in [1.54, 1.807) is 41.3 Å². The molecule has 9 heteroatoms. The zero-order chi connectivity index (χ0) is 18.6. The summed E-state index contributed by atoms with van der Waals surface area (Å²) in [5.74, 6) is 1.09. The molecular weight excluding hydrogens is 350 g/mol. The van der Waals surface area contributed by atoms with Gasteiger partial charge in [0.15, 0.2) is 23.2 Å². The average molecular weight is 367 g/mol. The molecule has 0 aromatic carbocycles. The van der Waals surface area contributed by atoms with E-state index in [2.05, 4.69) is 15.5 Å². The molecule has 2 amide bonds. The second-order valence-corrected chi connectivity index (χ2v) is 5.96. The molecule has 1 saturated heterocycles. The van der Waals surface area contributed by atoms with Gasteiger partial charge in [-0.3, -0.25) is 9.59 Å². The molecule has 27 heavy (non-hydrogen) atoms. The zero-order valence-electron chi connectivity index (χ0n) is 14.4. The van der Waals surface area contributed by atoms with E-state index < -0.39 is 0 Å². The van der Waals surface area contributed by atoms with E-state index in [4.69, 9.17) is 8.83 Å². The van der Waals surface area contributed by atoms with Crippen LogP contribution in [0, 0.1) is 0 Å². The quantitative estimate of drug-likeness (QED) is 0.750. The molecule has 0 atom stereocenters. The van der Waals surface area contributed by atoms with Crippen molar-refractivity contribution in [3.63, 3.8) is 0 Å². The lowest BCUT2D eigenvalue weighted by Gasteiger charge is -2.34. The molecule has 4 rings (SSSR count). The van der Waals surface area contributed by atoms with Crippen LogP contribution in [-0.2, 0) is 0 Å². The molecule has 0 bridgehead atoms. The first-order valence-electron chi connectivity index (χ1n) is 8.47. The van der Waals surface area contributed by atoms with Crippen LogP contribution in [0.1, 0.15) is 21.1 Å². The Morgan fingerprint density at radius 2 is 1.59 bits per heavy atom. The first kappa shape index (κ1) is 16.8. The van der Waals surface area contributed by atoms with Gasteiger partial charge < -0.3 is 24.0 Å². The summed E-state index contributed by atoms with van der Waals surface area (Å²) in [4.78, 5) is 28.0. The number of carbonyl (C=O) groups is 2. The Kier molecular flexibility index (Phi) is 4.56. The normalized spacial score (nSPS) is 14.2. The summed E-state index contributed by atoms with van der Waals surface area (Å²) in [7, 11) is 0. The number of amides is 2. The van der Waals surface area contributed by atoms with Crippen LogP contribution in [0.3, 0.4) is 0 Å². The predicted octanol–water partition coefficient (Wildman–Crippen LogP) is 1.88. The van der Waals surface area contributed by atoms with Gasteiger partial charge in [0.2, 0.25) is 0 Å². The summed E-state index contributed by atoms with van der Waals surface area (Å²) >= 11 is 0. The fourth-order valence-corrected chi connectivity index (χ4v) is 2.84. The number of hydrogen-bond acceptors (Lipinski definition) is 7. The summed E-state index contributed by atoms with van der Waals surface area (Å²) in [6, 6.07) is 10.0. The molecule has 1 N–H and O–H groups in total. The van der Waals surface area contributed by atoms with Crippen LogP contribution < -0.4 is 10.2 Å². The van der Waals surface area contributed by atoms with E-state index in [1.807, 2.05) is 4.90 Å². The molecule has 0 aliphatic carbocycles. The van der Waals surface area contributed by atoms with Crippen LogP contribution in [0.15, 0.2) is 57.8 Å². The Bertz CT molecular complexity index is 898. The maximum Gasteiger partial charge on any atom is 0.292 e. The zero-order valence-corrected chi connectivity index (χ0v) is 14.4. The molecule has 9 nitrogen and oxygen atoms in total. The van der Waals surface area contributed by atoms with Crippen molar-refractivity contribution in [2.24, 2.45) is 0 Å². The van der Waals surface area contributed by atoms with Gasteiger partial charge in [-0.25, -0.2) is 0 Å². The summed E-state index contributed by atoms with van der Waals surface area (Å²) in [5, 5.41) is 10.8. The molecule has 1 aliphatic rings. The summed E-state index contributed by atoms with van der Waals surface area (Å²) in [5.41, 5.74) is 0. The maximum atomic E-state index is 12.3. The Morgan fingerprint density at radius 1 is 0.889 bits per heavy atom. The minimum Gasteiger partial charge on any atom is -0.459 e. The van der Waals surface area contributed by atoms with E-state index >= 15 is 0 Å². The maximum absolute atomic E-state index is 12.3. The van der Waals surface area contributed by atoms with Crippen molar-refractivity contribution in [2.45, 2.75) is 0 Å². The smallest absolute Gasteiger partial charge is 0.292 e. The van der Waals surface area contributed by atoms with Gasteiger partial charge in [0.1, 0.15) is 0 Å². The lowest BCUT2D eigenvalue weighted by molar-refractivity contribution is 0.0714. The third-order valence-corrected chi connectivity index (χ3v) is 4.26. The van der Waals surface area contributed by atoms with Crippen molar-refractivity contribution < 1.29 is 18.4 Å². The lowest BCUT2D eigenvalue weighted by atomic mass is 10.3. The molecule has 4 heterocycles. The van der Waals surface area contributed by atoms with Crippen LogP contribution in [0.2, 0.25) is 0 Å². The molecule has 1 fully saturated rings. The molecule has 138 valence electrons. The van der Waals surface area contributed by atoms with Gasteiger partial charge in [-0.1, -0.05) is 0 Å².